The van der Waals surface area contributed by atoms with Crippen LogP contribution in [0.1, 0.15) is 51.3 Å². The molecule has 3 amide bonds. The maximum Gasteiger partial charge on any atom is 0.338 e. The van der Waals surface area contributed by atoms with Crippen LogP contribution in [0, 0.1) is 0 Å². The van der Waals surface area contributed by atoms with Gasteiger partial charge in [0.2, 0.25) is 5.91 Å². The minimum absolute atomic E-state index is 0.238. The molecule has 3 aromatic rings. The predicted molar refractivity (Wildman–Crippen MR) is 133 cm³/mol. The van der Waals surface area contributed by atoms with Crippen LogP contribution in [0.25, 0.3) is 0 Å². The first-order chi connectivity index (χ1) is 16.9. The highest BCUT2D eigenvalue weighted by atomic mass is 16.5. The largest absolute Gasteiger partial charge is 0.462 e. The van der Waals surface area contributed by atoms with Crippen LogP contribution >= 0.6 is 0 Å². The number of ether oxygens (including phenoxy) is 1. The Morgan fingerprint density at radius 3 is 2.06 bits per heavy atom. The quantitative estimate of drug-likeness (QED) is 0.402. The third-order valence-electron chi connectivity index (χ3n) is 5.15. The van der Waals surface area contributed by atoms with Crippen LogP contribution in [-0.4, -0.2) is 36.3 Å². The van der Waals surface area contributed by atoms with Gasteiger partial charge in [0.1, 0.15) is 6.04 Å². The molecule has 3 N–H and O–H groups in total. The van der Waals surface area contributed by atoms with E-state index in [1.165, 1.54) is 0 Å². The summed E-state index contributed by atoms with van der Waals surface area (Å²) >= 11 is 0. The second-order valence-corrected chi connectivity index (χ2v) is 7.59. The topological polar surface area (TPSA) is 114 Å². The number of amides is 3. The summed E-state index contributed by atoms with van der Waals surface area (Å²) < 4.78 is 4.95. The monoisotopic (exact) mass is 473 g/mol. The summed E-state index contributed by atoms with van der Waals surface area (Å²) in [4.78, 5) is 50.1. The molecule has 0 saturated heterocycles. The molecule has 3 rings (SSSR count). The van der Waals surface area contributed by atoms with E-state index in [4.69, 9.17) is 4.74 Å². The molecule has 0 radical (unpaired) electrons. The van der Waals surface area contributed by atoms with Gasteiger partial charge in [-0.25, -0.2) is 4.79 Å². The second-order valence-electron chi connectivity index (χ2n) is 7.59. The normalized spacial score (nSPS) is 11.1. The third-order valence-corrected chi connectivity index (χ3v) is 5.15. The Hall–Kier alpha value is -4.46. The first-order valence-corrected chi connectivity index (χ1v) is 11.3. The lowest BCUT2D eigenvalue weighted by Gasteiger charge is -2.18. The molecule has 0 bridgehead atoms. The van der Waals surface area contributed by atoms with Crippen molar-refractivity contribution in [1.82, 2.24) is 5.32 Å². The zero-order valence-electron chi connectivity index (χ0n) is 19.5. The summed E-state index contributed by atoms with van der Waals surface area (Å²) in [5.41, 5.74) is 1.89. The van der Waals surface area contributed by atoms with E-state index in [0.29, 0.717) is 28.9 Å². The molecule has 0 aromatic heterocycles. The molecular formula is C27H27N3O5. The number of rotatable bonds is 9. The maximum absolute atomic E-state index is 13.0. The van der Waals surface area contributed by atoms with E-state index in [1.54, 1.807) is 86.6 Å². The summed E-state index contributed by atoms with van der Waals surface area (Å²) in [6, 6.07) is 20.7. The number of nitrogens with one attached hydrogen (secondary N) is 3. The Morgan fingerprint density at radius 1 is 0.743 bits per heavy atom. The van der Waals surface area contributed by atoms with Crippen molar-refractivity contribution in [3.05, 3.63) is 95.6 Å². The first kappa shape index (κ1) is 25.2. The van der Waals surface area contributed by atoms with Crippen LogP contribution in [0.3, 0.4) is 0 Å². The molecular weight excluding hydrogens is 446 g/mol. The van der Waals surface area contributed by atoms with Gasteiger partial charge >= 0.3 is 5.97 Å². The Balaban J connectivity index is 1.67. The minimum Gasteiger partial charge on any atom is -0.462 e. The molecule has 3 aromatic carbocycles. The van der Waals surface area contributed by atoms with Gasteiger partial charge in [0.25, 0.3) is 11.8 Å². The zero-order chi connectivity index (χ0) is 25.2. The van der Waals surface area contributed by atoms with Gasteiger partial charge in [-0.1, -0.05) is 37.3 Å². The van der Waals surface area contributed by atoms with Crippen molar-refractivity contribution >= 4 is 35.1 Å². The van der Waals surface area contributed by atoms with E-state index in [1.807, 2.05) is 6.07 Å². The number of esters is 1. The van der Waals surface area contributed by atoms with Gasteiger partial charge in [-0.3, -0.25) is 14.4 Å². The second kappa shape index (κ2) is 12.1. The van der Waals surface area contributed by atoms with Gasteiger partial charge < -0.3 is 20.7 Å². The molecule has 0 unspecified atom stereocenters. The smallest absolute Gasteiger partial charge is 0.338 e. The van der Waals surface area contributed by atoms with Crippen LogP contribution < -0.4 is 16.0 Å². The number of hydrogen-bond acceptors (Lipinski definition) is 5. The molecule has 8 nitrogen and oxygen atoms in total. The highest BCUT2D eigenvalue weighted by Crippen LogP contribution is 2.17. The van der Waals surface area contributed by atoms with Crippen LogP contribution in [0.5, 0.6) is 0 Å². The zero-order valence-corrected chi connectivity index (χ0v) is 19.5. The van der Waals surface area contributed by atoms with Crippen molar-refractivity contribution in [1.29, 1.82) is 0 Å². The third kappa shape index (κ3) is 6.77. The van der Waals surface area contributed by atoms with Crippen molar-refractivity contribution in [3.8, 4) is 0 Å². The van der Waals surface area contributed by atoms with Gasteiger partial charge in [-0.05, 0) is 61.9 Å². The van der Waals surface area contributed by atoms with Crippen molar-refractivity contribution in [2.24, 2.45) is 0 Å². The number of anilines is 2. The molecule has 0 aliphatic heterocycles. The Bertz CT molecular complexity index is 1190. The van der Waals surface area contributed by atoms with Gasteiger partial charge in [0.05, 0.1) is 23.4 Å². The van der Waals surface area contributed by atoms with E-state index >= 15 is 0 Å². The molecule has 0 fully saturated rings. The average Bonchev–Trinajstić information content (AvgIpc) is 2.88. The predicted octanol–water partition coefficient (Wildman–Crippen LogP) is 4.26. The summed E-state index contributed by atoms with van der Waals surface area (Å²) in [5, 5.41) is 8.22. The molecule has 1 atom stereocenters. The van der Waals surface area contributed by atoms with Crippen molar-refractivity contribution in [2.45, 2.75) is 26.3 Å². The number of carbonyl (C=O) groups is 4. The fourth-order valence-electron chi connectivity index (χ4n) is 3.30. The number of hydrogen-bond donors (Lipinski definition) is 3. The fourth-order valence-corrected chi connectivity index (χ4v) is 3.30. The molecule has 180 valence electrons. The van der Waals surface area contributed by atoms with Gasteiger partial charge in [-0.2, -0.15) is 0 Å². The molecule has 0 spiro atoms. The number of benzene rings is 3. The van der Waals surface area contributed by atoms with Crippen molar-refractivity contribution in [3.63, 3.8) is 0 Å². The van der Waals surface area contributed by atoms with E-state index in [0.717, 1.165) is 0 Å². The molecule has 0 aliphatic rings. The Kier molecular flexibility index (Phi) is 8.72. The summed E-state index contributed by atoms with van der Waals surface area (Å²) in [6.07, 6.45) is 0.344. The molecule has 0 saturated carbocycles. The van der Waals surface area contributed by atoms with Crippen molar-refractivity contribution < 1.29 is 23.9 Å². The first-order valence-electron chi connectivity index (χ1n) is 11.3. The van der Waals surface area contributed by atoms with E-state index < -0.39 is 23.8 Å². The lowest BCUT2D eigenvalue weighted by Crippen LogP contribution is -2.43. The lowest BCUT2D eigenvalue weighted by molar-refractivity contribution is -0.118. The van der Waals surface area contributed by atoms with Crippen LogP contribution in [0.4, 0.5) is 11.4 Å². The van der Waals surface area contributed by atoms with Crippen molar-refractivity contribution in [2.75, 3.05) is 17.2 Å². The van der Waals surface area contributed by atoms with Crippen LogP contribution in [0.2, 0.25) is 0 Å². The fraction of sp³-hybridized carbons (Fsp3) is 0.185. The standard InChI is InChI=1S/C27H27N3O5/c1-3-22(26(33)28-20-16-14-19(15-17-20)27(34)35-4-2)29-25(32)21-12-8-9-13-23(21)30-24(31)18-10-6-5-7-11-18/h5-17,22H,3-4H2,1-2H3,(H,28,33)(H,29,32)(H,30,31)/t22-/m1/s1. The average molecular weight is 474 g/mol. The summed E-state index contributed by atoms with van der Waals surface area (Å²) in [5.74, 6) is -1.69. The highest BCUT2D eigenvalue weighted by molar-refractivity contribution is 6.10. The SMILES string of the molecule is CCOC(=O)c1ccc(NC(=O)[C@@H](CC)NC(=O)c2ccccc2NC(=O)c2ccccc2)cc1. The molecule has 0 aliphatic carbocycles. The molecule has 35 heavy (non-hydrogen) atoms. The number of para-hydroxylation sites is 1. The van der Waals surface area contributed by atoms with Crippen LogP contribution in [0.15, 0.2) is 78.9 Å². The van der Waals surface area contributed by atoms with E-state index in [-0.39, 0.29) is 18.1 Å². The minimum atomic E-state index is -0.815. The Labute approximate surface area is 203 Å². The Morgan fingerprint density at radius 2 is 1.40 bits per heavy atom. The highest BCUT2D eigenvalue weighted by Gasteiger charge is 2.22. The van der Waals surface area contributed by atoms with E-state index in [2.05, 4.69) is 16.0 Å². The number of carbonyl (C=O) groups excluding carboxylic acids is 4. The maximum atomic E-state index is 13.0. The lowest BCUT2D eigenvalue weighted by atomic mass is 10.1. The van der Waals surface area contributed by atoms with E-state index in [9.17, 15) is 19.2 Å². The molecule has 0 heterocycles. The van der Waals surface area contributed by atoms with Gasteiger partial charge in [0.15, 0.2) is 0 Å². The van der Waals surface area contributed by atoms with Gasteiger partial charge in [0, 0.05) is 11.3 Å². The summed E-state index contributed by atoms with van der Waals surface area (Å²) in [6.45, 7) is 3.77. The van der Waals surface area contributed by atoms with Crippen LogP contribution in [-0.2, 0) is 9.53 Å². The molecule has 8 heteroatoms. The summed E-state index contributed by atoms with van der Waals surface area (Å²) in [7, 11) is 0. The van der Waals surface area contributed by atoms with Gasteiger partial charge in [-0.15, -0.1) is 0 Å².